The number of benzene rings is 2. The van der Waals surface area contributed by atoms with Crippen molar-refractivity contribution >= 4 is 29.5 Å². The van der Waals surface area contributed by atoms with Gasteiger partial charge in [0.15, 0.2) is 0 Å². The highest BCUT2D eigenvalue weighted by Gasteiger charge is 2.12. The molecule has 2 rings (SSSR count). The van der Waals surface area contributed by atoms with Crippen molar-refractivity contribution in [3.63, 3.8) is 0 Å². The van der Waals surface area contributed by atoms with Gasteiger partial charge in [-0.15, -0.1) is 0 Å². The summed E-state index contributed by atoms with van der Waals surface area (Å²) in [5, 5.41) is 11.0. The maximum atomic E-state index is 10.8. The highest BCUT2D eigenvalue weighted by atomic mass is 35.5. The lowest BCUT2D eigenvalue weighted by Crippen LogP contribution is -1.87. The molecule has 0 saturated heterocycles. The number of carbonyl (C=O) groups excluding carboxylic acids is 1. The molecule has 0 spiro atoms. The summed E-state index contributed by atoms with van der Waals surface area (Å²) in [6.07, 6.45) is 0.730. The molecule has 0 aliphatic heterocycles. The molecule has 0 radical (unpaired) electrons. The Bertz CT molecular complexity index is 621. The standard InChI is InChI=1S/C14H10Cl2O2/c1-8-4-10(15)6-12(14(8)18)11-5-9(7-17)2-3-13(11)16/h2-7,18H,1H3. The van der Waals surface area contributed by atoms with Gasteiger partial charge in [-0.1, -0.05) is 29.3 Å². The van der Waals surface area contributed by atoms with E-state index in [0.717, 1.165) is 6.29 Å². The third kappa shape index (κ3) is 2.35. The number of aldehydes is 1. The van der Waals surface area contributed by atoms with E-state index in [-0.39, 0.29) is 5.75 Å². The first-order valence-corrected chi connectivity index (χ1v) is 6.02. The molecule has 0 unspecified atom stereocenters. The van der Waals surface area contributed by atoms with Crippen molar-refractivity contribution in [2.45, 2.75) is 6.92 Å². The van der Waals surface area contributed by atoms with Gasteiger partial charge >= 0.3 is 0 Å². The summed E-state index contributed by atoms with van der Waals surface area (Å²) in [5.74, 6) is 0.115. The number of hydrogen-bond donors (Lipinski definition) is 1. The molecule has 2 nitrogen and oxygen atoms in total. The lowest BCUT2D eigenvalue weighted by atomic mass is 10.00. The second kappa shape index (κ2) is 5.01. The van der Waals surface area contributed by atoms with Gasteiger partial charge in [0.1, 0.15) is 12.0 Å². The second-order valence-corrected chi connectivity index (χ2v) is 4.82. The topological polar surface area (TPSA) is 37.3 Å². The van der Waals surface area contributed by atoms with Crippen molar-refractivity contribution in [3.05, 3.63) is 51.5 Å². The van der Waals surface area contributed by atoms with Crippen LogP contribution in [0, 0.1) is 6.92 Å². The fraction of sp³-hybridized carbons (Fsp3) is 0.0714. The summed E-state index contributed by atoms with van der Waals surface area (Å²) >= 11 is 12.1. The summed E-state index contributed by atoms with van der Waals surface area (Å²) in [6.45, 7) is 1.75. The number of halogens is 2. The Balaban J connectivity index is 2.72. The Morgan fingerprint density at radius 1 is 1.11 bits per heavy atom. The number of aromatic hydroxyl groups is 1. The van der Waals surface area contributed by atoms with Gasteiger partial charge in [0, 0.05) is 26.7 Å². The lowest BCUT2D eigenvalue weighted by Gasteiger charge is -2.10. The van der Waals surface area contributed by atoms with Gasteiger partial charge in [-0.05, 0) is 36.8 Å². The molecular weight excluding hydrogens is 271 g/mol. The van der Waals surface area contributed by atoms with E-state index in [1.54, 1.807) is 37.3 Å². The van der Waals surface area contributed by atoms with E-state index in [9.17, 15) is 9.90 Å². The molecule has 0 bridgehead atoms. The van der Waals surface area contributed by atoms with Crippen LogP contribution in [0.5, 0.6) is 5.75 Å². The molecule has 2 aromatic carbocycles. The van der Waals surface area contributed by atoms with E-state index in [0.29, 0.717) is 32.3 Å². The van der Waals surface area contributed by atoms with Crippen LogP contribution in [0.25, 0.3) is 11.1 Å². The Labute approximate surface area is 115 Å². The number of phenols is 1. The normalized spacial score (nSPS) is 10.4. The molecule has 92 valence electrons. The Kier molecular flexibility index (Phi) is 3.60. The van der Waals surface area contributed by atoms with Gasteiger partial charge in [0.05, 0.1) is 0 Å². The first-order chi connectivity index (χ1) is 8.52. The van der Waals surface area contributed by atoms with Gasteiger partial charge in [-0.3, -0.25) is 4.79 Å². The fourth-order valence-electron chi connectivity index (χ4n) is 1.76. The average Bonchev–Trinajstić information content (AvgIpc) is 2.34. The smallest absolute Gasteiger partial charge is 0.150 e. The third-order valence-corrected chi connectivity index (χ3v) is 3.23. The average molecular weight is 281 g/mol. The minimum absolute atomic E-state index is 0.115. The molecule has 0 fully saturated rings. The fourth-order valence-corrected chi connectivity index (χ4v) is 2.26. The van der Waals surface area contributed by atoms with E-state index in [1.807, 2.05) is 0 Å². The third-order valence-electron chi connectivity index (χ3n) is 2.68. The van der Waals surface area contributed by atoms with Crippen LogP contribution in [0.15, 0.2) is 30.3 Å². The highest BCUT2D eigenvalue weighted by Crippen LogP contribution is 2.38. The zero-order chi connectivity index (χ0) is 13.3. The van der Waals surface area contributed by atoms with E-state index in [2.05, 4.69) is 0 Å². The van der Waals surface area contributed by atoms with Crippen LogP contribution >= 0.6 is 23.2 Å². The SMILES string of the molecule is Cc1cc(Cl)cc(-c2cc(C=O)ccc2Cl)c1O. The molecule has 0 aromatic heterocycles. The van der Waals surface area contributed by atoms with Crippen molar-refractivity contribution in [1.82, 2.24) is 0 Å². The van der Waals surface area contributed by atoms with Crippen molar-refractivity contribution in [3.8, 4) is 16.9 Å². The number of carbonyl (C=O) groups is 1. The molecule has 18 heavy (non-hydrogen) atoms. The van der Waals surface area contributed by atoms with Crippen LogP contribution in [0.1, 0.15) is 15.9 Å². The molecule has 0 saturated carbocycles. The van der Waals surface area contributed by atoms with Crippen LogP contribution < -0.4 is 0 Å². The molecule has 2 aromatic rings. The zero-order valence-electron chi connectivity index (χ0n) is 9.58. The maximum absolute atomic E-state index is 10.8. The molecule has 1 N–H and O–H groups in total. The number of rotatable bonds is 2. The zero-order valence-corrected chi connectivity index (χ0v) is 11.1. The Morgan fingerprint density at radius 2 is 1.83 bits per heavy atom. The number of hydrogen-bond acceptors (Lipinski definition) is 2. The Morgan fingerprint density at radius 3 is 2.50 bits per heavy atom. The van der Waals surface area contributed by atoms with Crippen molar-refractivity contribution in [2.24, 2.45) is 0 Å². The first kappa shape index (κ1) is 12.9. The van der Waals surface area contributed by atoms with Crippen LogP contribution in [-0.2, 0) is 0 Å². The monoisotopic (exact) mass is 280 g/mol. The van der Waals surface area contributed by atoms with Crippen LogP contribution in [0.3, 0.4) is 0 Å². The molecule has 0 aliphatic carbocycles. The van der Waals surface area contributed by atoms with Crippen LogP contribution in [-0.4, -0.2) is 11.4 Å². The number of aryl methyl sites for hydroxylation is 1. The van der Waals surface area contributed by atoms with Crippen molar-refractivity contribution in [2.75, 3.05) is 0 Å². The molecule has 0 aliphatic rings. The van der Waals surface area contributed by atoms with E-state index in [4.69, 9.17) is 23.2 Å². The van der Waals surface area contributed by atoms with Gasteiger partial charge in [-0.25, -0.2) is 0 Å². The lowest BCUT2D eigenvalue weighted by molar-refractivity contribution is 0.112. The predicted molar refractivity (Wildman–Crippen MR) is 73.7 cm³/mol. The maximum Gasteiger partial charge on any atom is 0.150 e. The number of phenolic OH excluding ortho intramolecular Hbond substituents is 1. The van der Waals surface area contributed by atoms with Crippen molar-refractivity contribution < 1.29 is 9.90 Å². The van der Waals surface area contributed by atoms with E-state index < -0.39 is 0 Å². The molecule has 4 heteroatoms. The van der Waals surface area contributed by atoms with Gasteiger partial charge < -0.3 is 5.11 Å². The summed E-state index contributed by atoms with van der Waals surface area (Å²) in [6, 6.07) is 8.15. The van der Waals surface area contributed by atoms with Crippen LogP contribution in [0.2, 0.25) is 10.0 Å². The first-order valence-electron chi connectivity index (χ1n) is 5.27. The van der Waals surface area contributed by atoms with Gasteiger partial charge in [0.2, 0.25) is 0 Å². The second-order valence-electron chi connectivity index (χ2n) is 3.98. The summed E-state index contributed by atoms with van der Waals surface area (Å²) in [5.41, 5.74) is 2.26. The molecule has 0 amide bonds. The van der Waals surface area contributed by atoms with Crippen LogP contribution in [0.4, 0.5) is 0 Å². The predicted octanol–water partition coefficient (Wildman–Crippen LogP) is 4.49. The quantitative estimate of drug-likeness (QED) is 0.823. The molecule has 0 atom stereocenters. The molecular formula is C14H10Cl2O2. The minimum Gasteiger partial charge on any atom is -0.507 e. The summed E-state index contributed by atoms with van der Waals surface area (Å²) in [7, 11) is 0. The van der Waals surface area contributed by atoms with Gasteiger partial charge in [-0.2, -0.15) is 0 Å². The summed E-state index contributed by atoms with van der Waals surface area (Å²) in [4.78, 5) is 10.8. The molecule has 0 heterocycles. The highest BCUT2D eigenvalue weighted by molar-refractivity contribution is 6.34. The minimum atomic E-state index is 0.115. The van der Waals surface area contributed by atoms with Gasteiger partial charge in [0.25, 0.3) is 0 Å². The van der Waals surface area contributed by atoms with E-state index >= 15 is 0 Å². The summed E-state index contributed by atoms with van der Waals surface area (Å²) < 4.78 is 0. The van der Waals surface area contributed by atoms with Crippen molar-refractivity contribution in [1.29, 1.82) is 0 Å². The largest absolute Gasteiger partial charge is 0.507 e. The van der Waals surface area contributed by atoms with E-state index in [1.165, 1.54) is 0 Å². The Hall–Kier alpha value is -1.51.